The van der Waals surface area contributed by atoms with Crippen LogP contribution >= 0.6 is 0 Å². The van der Waals surface area contributed by atoms with E-state index in [4.69, 9.17) is 14.9 Å². The topological polar surface area (TPSA) is 96.7 Å². The molecular formula is C14H13NO5. The van der Waals surface area contributed by atoms with Crippen molar-refractivity contribution < 1.29 is 24.5 Å². The molecule has 0 amide bonds. The Morgan fingerprint density at radius 2 is 1.95 bits per heavy atom. The molecule has 1 aromatic heterocycles. The van der Waals surface area contributed by atoms with Gasteiger partial charge < -0.3 is 14.9 Å². The van der Waals surface area contributed by atoms with Crippen molar-refractivity contribution in [1.82, 2.24) is 4.98 Å². The van der Waals surface area contributed by atoms with Crippen LogP contribution in [0.3, 0.4) is 0 Å². The molecule has 1 heterocycles. The fourth-order valence-corrected chi connectivity index (χ4v) is 1.75. The lowest BCUT2D eigenvalue weighted by Gasteiger charge is -2.13. The van der Waals surface area contributed by atoms with E-state index in [2.05, 4.69) is 4.98 Å². The van der Waals surface area contributed by atoms with Gasteiger partial charge in [0.05, 0.1) is 5.52 Å². The number of hydrogen-bond acceptors (Lipinski definition) is 4. The minimum Gasteiger partial charge on any atom is -0.479 e. The Labute approximate surface area is 114 Å². The second-order valence-electron chi connectivity index (χ2n) is 4.43. The number of benzene rings is 1. The van der Waals surface area contributed by atoms with Crippen molar-refractivity contribution in [3.05, 3.63) is 35.5 Å². The summed E-state index contributed by atoms with van der Waals surface area (Å²) in [5, 5.41) is 18.5. The first kappa shape index (κ1) is 13.8. The van der Waals surface area contributed by atoms with Crippen LogP contribution in [0.5, 0.6) is 5.75 Å². The number of aryl methyl sites for hydroxylation is 1. The monoisotopic (exact) mass is 275 g/mol. The van der Waals surface area contributed by atoms with Gasteiger partial charge in [0.1, 0.15) is 5.75 Å². The zero-order valence-corrected chi connectivity index (χ0v) is 11.0. The largest absolute Gasteiger partial charge is 0.479 e. The number of carboxylic acids is 2. The van der Waals surface area contributed by atoms with Gasteiger partial charge in [-0.25, -0.2) is 14.6 Å². The number of rotatable bonds is 4. The van der Waals surface area contributed by atoms with Crippen molar-refractivity contribution in [3.63, 3.8) is 0 Å². The summed E-state index contributed by atoms with van der Waals surface area (Å²) in [7, 11) is 0. The predicted octanol–water partition coefficient (Wildman–Crippen LogP) is 2.09. The molecule has 0 saturated carbocycles. The van der Waals surface area contributed by atoms with Crippen molar-refractivity contribution >= 4 is 22.8 Å². The molecule has 0 bridgehead atoms. The Kier molecular flexibility index (Phi) is 3.56. The normalized spacial score (nSPS) is 12.1. The highest BCUT2D eigenvalue weighted by atomic mass is 16.5. The van der Waals surface area contributed by atoms with Gasteiger partial charge in [0.15, 0.2) is 11.8 Å². The number of carboxylic acid groups (broad SMARTS) is 2. The number of fused-ring (bicyclic) bond motifs is 1. The van der Waals surface area contributed by atoms with Crippen LogP contribution in [0.25, 0.3) is 10.9 Å². The lowest BCUT2D eigenvalue weighted by Crippen LogP contribution is -2.23. The molecule has 2 rings (SSSR count). The van der Waals surface area contributed by atoms with Gasteiger partial charge in [-0.15, -0.1) is 0 Å². The predicted molar refractivity (Wildman–Crippen MR) is 71.2 cm³/mol. The summed E-state index contributed by atoms with van der Waals surface area (Å²) in [6.45, 7) is 3.23. The molecule has 0 saturated heterocycles. The summed E-state index contributed by atoms with van der Waals surface area (Å²) in [6, 6.07) is 6.51. The van der Waals surface area contributed by atoms with Crippen molar-refractivity contribution in [3.8, 4) is 5.75 Å². The number of pyridine rings is 1. The molecule has 0 unspecified atom stereocenters. The summed E-state index contributed by atoms with van der Waals surface area (Å²) in [5.41, 5.74) is 1.19. The van der Waals surface area contributed by atoms with Gasteiger partial charge >= 0.3 is 11.9 Å². The average molecular weight is 275 g/mol. The zero-order valence-electron chi connectivity index (χ0n) is 11.0. The SMILES string of the molecule is Cc1ccc2c(O[C@H](C)C(=O)O)cc(C(=O)O)nc2c1. The molecule has 2 N–H and O–H groups in total. The van der Waals surface area contributed by atoms with Crippen LogP contribution < -0.4 is 4.74 Å². The number of aromatic carboxylic acids is 1. The number of aliphatic carboxylic acids is 1. The first-order valence-corrected chi connectivity index (χ1v) is 5.92. The molecule has 0 fully saturated rings. The lowest BCUT2D eigenvalue weighted by molar-refractivity contribution is -0.144. The zero-order chi connectivity index (χ0) is 14.9. The maximum Gasteiger partial charge on any atom is 0.354 e. The number of ether oxygens (including phenoxy) is 1. The second-order valence-corrected chi connectivity index (χ2v) is 4.43. The summed E-state index contributed by atoms with van der Waals surface area (Å²) in [6.07, 6.45) is -1.08. The van der Waals surface area contributed by atoms with Crippen molar-refractivity contribution in [2.24, 2.45) is 0 Å². The van der Waals surface area contributed by atoms with Gasteiger partial charge in [0.25, 0.3) is 0 Å². The molecule has 0 aliphatic carbocycles. The Morgan fingerprint density at radius 3 is 2.55 bits per heavy atom. The highest BCUT2D eigenvalue weighted by Gasteiger charge is 2.17. The number of aromatic nitrogens is 1. The summed E-state index contributed by atoms with van der Waals surface area (Å²) >= 11 is 0. The molecule has 6 nitrogen and oxygen atoms in total. The van der Waals surface area contributed by atoms with Crippen molar-refractivity contribution in [2.45, 2.75) is 20.0 Å². The fourth-order valence-electron chi connectivity index (χ4n) is 1.75. The van der Waals surface area contributed by atoms with Crippen LogP contribution in [0.1, 0.15) is 23.0 Å². The quantitative estimate of drug-likeness (QED) is 0.886. The second kappa shape index (κ2) is 5.16. The van der Waals surface area contributed by atoms with E-state index < -0.39 is 18.0 Å². The van der Waals surface area contributed by atoms with Crippen LogP contribution in [-0.4, -0.2) is 33.2 Å². The first-order chi connectivity index (χ1) is 9.38. The number of hydrogen-bond donors (Lipinski definition) is 2. The summed E-state index contributed by atoms with van der Waals surface area (Å²) in [4.78, 5) is 25.9. The number of nitrogens with zero attached hydrogens (tertiary/aromatic N) is 1. The van der Waals surface area contributed by atoms with Gasteiger partial charge in [-0.1, -0.05) is 6.07 Å². The first-order valence-electron chi connectivity index (χ1n) is 5.92. The molecule has 6 heteroatoms. The van der Waals surface area contributed by atoms with Gasteiger partial charge in [-0.05, 0) is 31.5 Å². The molecule has 104 valence electrons. The summed E-state index contributed by atoms with van der Waals surface area (Å²) in [5.74, 6) is -2.12. The average Bonchev–Trinajstić information content (AvgIpc) is 2.37. The smallest absolute Gasteiger partial charge is 0.354 e. The Morgan fingerprint density at radius 1 is 1.25 bits per heavy atom. The molecule has 0 aliphatic heterocycles. The minimum absolute atomic E-state index is 0.185. The van der Waals surface area contributed by atoms with Gasteiger partial charge in [-0.2, -0.15) is 0 Å². The molecule has 1 atom stereocenters. The fraction of sp³-hybridized carbons (Fsp3) is 0.214. The van der Waals surface area contributed by atoms with Crippen LogP contribution in [0.4, 0.5) is 0 Å². The number of carbonyl (C=O) groups is 2. The van der Waals surface area contributed by atoms with Crippen LogP contribution in [-0.2, 0) is 4.79 Å². The Balaban J connectivity index is 2.61. The third-order valence-corrected chi connectivity index (χ3v) is 2.80. The molecular weight excluding hydrogens is 262 g/mol. The summed E-state index contributed by atoms with van der Waals surface area (Å²) < 4.78 is 5.32. The van der Waals surface area contributed by atoms with E-state index in [1.807, 2.05) is 13.0 Å². The van der Waals surface area contributed by atoms with Crippen LogP contribution in [0.15, 0.2) is 24.3 Å². The highest BCUT2D eigenvalue weighted by molar-refractivity contribution is 5.93. The third kappa shape index (κ3) is 2.69. The van der Waals surface area contributed by atoms with E-state index >= 15 is 0 Å². The molecule has 0 aliphatic rings. The van der Waals surface area contributed by atoms with Crippen molar-refractivity contribution in [2.75, 3.05) is 0 Å². The van der Waals surface area contributed by atoms with Crippen LogP contribution in [0, 0.1) is 6.92 Å². The van der Waals surface area contributed by atoms with E-state index in [9.17, 15) is 9.59 Å². The molecule has 0 radical (unpaired) electrons. The maximum atomic E-state index is 11.1. The third-order valence-electron chi connectivity index (χ3n) is 2.80. The molecule has 1 aromatic carbocycles. The molecule has 2 aromatic rings. The van der Waals surface area contributed by atoms with Gasteiger partial charge in [-0.3, -0.25) is 0 Å². The Bertz CT molecular complexity index is 695. The minimum atomic E-state index is -1.19. The van der Waals surface area contributed by atoms with Crippen molar-refractivity contribution in [1.29, 1.82) is 0 Å². The maximum absolute atomic E-state index is 11.1. The van der Waals surface area contributed by atoms with Gasteiger partial charge in [0.2, 0.25) is 0 Å². The van der Waals surface area contributed by atoms with E-state index in [0.717, 1.165) is 5.56 Å². The Hall–Kier alpha value is -2.63. The molecule has 20 heavy (non-hydrogen) atoms. The highest BCUT2D eigenvalue weighted by Crippen LogP contribution is 2.27. The van der Waals surface area contributed by atoms with E-state index in [0.29, 0.717) is 10.9 Å². The lowest BCUT2D eigenvalue weighted by atomic mass is 10.1. The van der Waals surface area contributed by atoms with E-state index in [1.54, 1.807) is 12.1 Å². The van der Waals surface area contributed by atoms with Gasteiger partial charge in [0, 0.05) is 11.5 Å². The van der Waals surface area contributed by atoms with E-state index in [-0.39, 0.29) is 11.4 Å². The molecule has 0 spiro atoms. The van der Waals surface area contributed by atoms with Crippen LogP contribution in [0.2, 0.25) is 0 Å². The standard InChI is InChI=1S/C14H13NO5/c1-7-3-4-9-10(5-7)15-11(14(18)19)6-12(9)20-8(2)13(16)17/h3-6,8H,1-2H3,(H,16,17)(H,18,19)/t8-/m1/s1. The van der Waals surface area contributed by atoms with E-state index in [1.165, 1.54) is 13.0 Å².